The summed E-state index contributed by atoms with van der Waals surface area (Å²) in [7, 11) is 0. The predicted molar refractivity (Wildman–Crippen MR) is 189 cm³/mol. The third-order valence-electron chi connectivity index (χ3n) is 8.44. The van der Waals surface area contributed by atoms with E-state index in [2.05, 4.69) is 96.4 Å². The summed E-state index contributed by atoms with van der Waals surface area (Å²) in [6, 6.07) is 45.9. The van der Waals surface area contributed by atoms with Gasteiger partial charge in [-0.1, -0.05) is 115 Å². The first-order valence-electron chi connectivity index (χ1n) is 15.3. The lowest BCUT2D eigenvalue weighted by Gasteiger charge is -2.28. The summed E-state index contributed by atoms with van der Waals surface area (Å²) in [5, 5.41) is 12.0. The van der Waals surface area contributed by atoms with Crippen molar-refractivity contribution in [1.82, 2.24) is 10.6 Å². The Morgan fingerprint density at radius 1 is 0.667 bits per heavy atom. The molecule has 0 saturated carbocycles. The third kappa shape index (κ3) is 6.06. The fourth-order valence-electron chi connectivity index (χ4n) is 6.00. The number of nitrogens with two attached hydrogens (primary N) is 2. The van der Waals surface area contributed by atoms with Crippen molar-refractivity contribution in [3.63, 3.8) is 0 Å². The molecule has 6 heteroatoms. The molecule has 0 aliphatic rings. The number of furan rings is 1. The van der Waals surface area contributed by atoms with Crippen LogP contribution in [0.3, 0.4) is 0 Å². The van der Waals surface area contributed by atoms with Crippen LogP contribution in [-0.2, 0) is 5.75 Å². The van der Waals surface area contributed by atoms with Gasteiger partial charge in [0.05, 0.1) is 12.3 Å². The highest BCUT2D eigenvalue weighted by Gasteiger charge is 2.19. The summed E-state index contributed by atoms with van der Waals surface area (Å²) in [4.78, 5) is 1.09. The van der Waals surface area contributed by atoms with Gasteiger partial charge in [0, 0.05) is 38.7 Å². The lowest BCUT2D eigenvalue weighted by molar-refractivity contribution is 0.357. The minimum atomic E-state index is -0.319. The predicted octanol–water partition coefficient (Wildman–Crippen LogP) is 9.21. The minimum Gasteiger partial charge on any atom is -0.456 e. The van der Waals surface area contributed by atoms with Crippen LogP contribution < -0.4 is 22.1 Å². The van der Waals surface area contributed by atoms with Gasteiger partial charge >= 0.3 is 0 Å². The summed E-state index contributed by atoms with van der Waals surface area (Å²) in [6.07, 6.45) is -0.466. The minimum absolute atomic E-state index is 0.0504. The van der Waals surface area contributed by atoms with Gasteiger partial charge < -0.3 is 15.9 Å². The topological polar surface area (TPSA) is 89.2 Å². The van der Waals surface area contributed by atoms with Crippen LogP contribution in [0.2, 0.25) is 0 Å². The lowest BCUT2D eigenvalue weighted by atomic mass is 10.0. The van der Waals surface area contributed by atoms with Crippen molar-refractivity contribution in [3.05, 3.63) is 156 Å². The smallest absolute Gasteiger partial charge is 0.139 e. The number of nitrogens with one attached hydrogen (secondary N) is 2. The Morgan fingerprint density at radius 2 is 1.38 bits per heavy atom. The molecule has 45 heavy (non-hydrogen) atoms. The summed E-state index contributed by atoms with van der Waals surface area (Å²) in [6.45, 7) is 2.19. The molecule has 6 aromatic carbocycles. The number of anilines is 1. The van der Waals surface area contributed by atoms with E-state index in [0.717, 1.165) is 65.7 Å². The van der Waals surface area contributed by atoms with Crippen LogP contribution in [0.1, 0.15) is 47.6 Å². The molecule has 0 spiro atoms. The number of hydrogen-bond donors (Lipinski definition) is 4. The molecule has 7 rings (SSSR count). The van der Waals surface area contributed by atoms with Crippen molar-refractivity contribution in [3.8, 4) is 0 Å². The number of nitrogen functional groups attached to an aromatic ring is 1. The quantitative estimate of drug-likeness (QED) is 0.0703. The standard InChI is InChI=1S/C39H36N4OS/c1-25(42-39(27-13-6-3-7-14-27)43-38(41)26-11-4-2-5-12-26)28-19-21-31-29(23-28)20-22-34(40)37(31)45-24-30-15-10-17-33-32-16-8-9-18-35(32)44-36(30)33/h2-23,25,38-39,42-43H,24,40-41H2,1H3. The Hall–Kier alpha value is -4.59. The van der Waals surface area contributed by atoms with Gasteiger partial charge in [-0.15, -0.1) is 11.8 Å². The largest absolute Gasteiger partial charge is 0.456 e. The second kappa shape index (κ2) is 12.8. The van der Waals surface area contributed by atoms with Crippen LogP contribution in [0.5, 0.6) is 0 Å². The third-order valence-corrected chi connectivity index (χ3v) is 9.64. The zero-order valence-corrected chi connectivity index (χ0v) is 25.9. The van der Waals surface area contributed by atoms with Crippen LogP contribution in [-0.4, -0.2) is 0 Å². The van der Waals surface area contributed by atoms with E-state index in [1.54, 1.807) is 11.8 Å². The molecule has 7 aromatic rings. The Labute approximate surface area is 267 Å². The van der Waals surface area contributed by atoms with E-state index in [1.165, 1.54) is 5.56 Å². The molecule has 5 nitrogen and oxygen atoms in total. The van der Waals surface area contributed by atoms with Crippen molar-refractivity contribution in [1.29, 1.82) is 0 Å². The highest BCUT2D eigenvalue weighted by atomic mass is 32.2. The normalized spacial score (nSPS) is 13.7. The molecule has 1 aromatic heterocycles. The molecular weight excluding hydrogens is 573 g/mol. The highest BCUT2D eigenvalue weighted by Crippen LogP contribution is 2.39. The molecule has 0 bridgehead atoms. The maximum absolute atomic E-state index is 6.60. The molecule has 6 N–H and O–H groups in total. The van der Waals surface area contributed by atoms with Crippen molar-refractivity contribution in [2.24, 2.45) is 5.73 Å². The van der Waals surface area contributed by atoms with Gasteiger partial charge in [-0.3, -0.25) is 10.6 Å². The molecule has 0 amide bonds. The van der Waals surface area contributed by atoms with Crippen LogP contribution in [0.15, 0.2) is 143 Å². The summed E-state index contributed by atoms with van der Waals surface area (Å²) < 4.78 is 6.28. The van der Waals surface area contributed by atoms with Gasteiger partial charge in [-0.25, -0.2) is 0 Å². The molecule has 1 heterocycles. The molecule has 3 atom stereocenters. The van der Waals surface area contributed by atoms with Gasteiger partial charge in [0.25, 0.3) is 0 Å². The van der Waals surface area contributed by atoms with E-state index in [9.17, 15) is 0 Å². The van der Waals surface area contributed by atoms with Crippen LogP contribution in [0.25, 0.3) is 32.7 Å². The Bertz CT molecular complexity index is 2080. The molecule has 0 radical (unpaired) electrons. The van der Waals surface area contributed by atoms with Crippen molar-refractivity contribution < 1.29 is 4.42 Å². The van der Waals surface area contributed by atoms with Gasteiger partial charge in [0.15, 0.2) is 0 Å². The van der Waals surface area contributed by atoms with Crippen molar-refractivity contribution in [2.45, 2.75) is 35.9 Å². The maximum Gasteiger partial charge on any atom is 0.139 e. The highest BCUT2D eigenvalue weighted by molar-refractivity contribution is 7.99. The van der Waals surface area contributed by atoms with Gasteiger partial charge in [0.1, 0.15) is 11.2 Å². The molecular formula is C39H36N4OS. The van der Waals surface area contributed by atoms with Crippen molar-refractivity contribution >= 4 is 50.2 Å². The second-order valence-electron chi connectivity index (χ2n) is 11.4. The van der Waals surface area contributed by atoms with Crippen molar-refractivity contribution in [2.75, 3.05) is 5.73 Å². The van der Waals surface area contributed by atoms with E-state index in [1.807, 2.05) is 54.6 Å². The lowest BCUT2D eigenvalue weighted by Crippen LogP contribution is -2.40. The van der Waals surface area contributed by atoms with Gasteiger partial charge in [-0.2, -0.15) is 0 Å². The molecule has 0 saturated heterocycles. The van der Waals surface area contributed by atoms with Gasteiger partial charge in [0.2, 0.25) is 0 Å². The fourth-order valence-corrected chi connectivity index (χ4v) is 7.11. The number of para-hydroxylation sites is 2. The molecule has 3 unspecified atom stereocenters. The zero-order valence-electron chi connectivity index (χ0n) is 25.1. The van der Waals surface area contributed by atoms with Crippen LogP contribution in [0.4, 0.5) is 5.69 Å². The van der Waals surface area contributed by atoms with E-state index in [-0.39, 0.29) is 18.4 Å². The van der Waals surface area contributed by atoms with E-state index in [4.69, 9.17) is 15.9 Å². The van der Waals surface area contributed by atoms with E-state index >= 15 is 0 Å². The number of thioether (sulfide) groups is 1. The van der Waals surface area contributed by atoms with Crippen LogP contribution in [0, 0.1) is 0 Å². The summed E-state index contributed by atoms with van der Waals surface area (Å²) in [5.74, 6) is 0.756. The summed E-state index contributed by atoms with van der Waals surface area (Å²) >= 11 is 1.76. The fraction of sp³-hybridized carbons (Fsp3) is 0.128. The Kier molecular flexibility index (Phi) is 8.29. The van der Waals surface area contributed by atoms with E-state index < -0.39 is 0 Å². The Balaban J connectivity index is 1.13. The first-order chi connectivity index (χ1) is 22.0. The SMILES string of the molecule is CC(NC(NC(N)c1ccccc1)c1ccccc1)c1ccc2c(SCc3cccc4c3oc3ccccc34)c(N)ccc2c1. The van der Waals surface area contributed by atoms with Gasteiger partial charge in [-0.05, 0) is 52.6 Å². The first kappa shape index (κ1) is 29.1. The monoisotopic (exact) mass is 608 g/mol. The number of benzene rings is 6. The zero-order chi connectivity index (χ0) is 30.8. The maximum atomic E-state index is 6.60. The second-order valence-corrected chi connectivity index (χ2v) is 12.4. The molecule has 0 fully saturated rings. The number of hydrogen-bond acceptors (Lipinski definition) is 6. The average Bonchev–Trinajstić information content (AvgIpc) is 3.47. The van der Waals surface area contributed by atoms with E-state index in [0.29, 0.717) is 0 Å². The summed E-state index contributed by atoms with van der Waals surface area (Å²) in [5.41, 5.74) is 20.3. The average molecular weight is 609 g/mol. The number of rotatable bonds is 10. The van der Waals surface area contributed by atoms with Crippen LogP contribution >= 0.6 is 11.8 Å². The molecule has 0 aliphatic heterocycles. The molecule has 224 valence electrons. The first-order valence-corrected chi connectivity index (χ1v) is 16.3. The Morgan fingerprint density at radius 3 is 2.18 bits per heavy atom. The number of fused-ring (bicyclic) bond motifs is 4. The molecule has 0 aliphatic carbocycles.